The third-order valence-electron chi connectivity index (χ3n) is 3.06. The molecule has 0 bridgehead atoms. The quantitative estimate of drug-likeness (QED) is 0.720. The predicted octanol–water partition coefficient (Wildman–Crippen LogP) is 1.92. The molecule has 126 valence electrons. The molecule has 1 aromatic carbocycles. The summed E-state index contributed by atoms with van der Waals surface area (Å²) in [6.07, 6.45) is 4.06. The zero-order valence-corrected chi connectivity index (χ0v) is 14.3. The van der Waals surface area contributed by atoms with E-state index in [0.717, 1.165) is 17.5 Å². The van der Waals surface area contributed by atoms with E-state index in [2.05, 4.69) is 10.6 Å². The van der Waals surface area contributed by atoms with Gasteiger partial charge in [-0.3, -0.25) is 9.59 Å². The molecule has 0 saturated carbocycles. The van der Waals surface area contributed by atoms with Crippen molar-refractivity contribution in [1.29, 1.82) is 0 Å². The standard InChI is InChI=1S/C18H26N2O3/c1-13(2)19-17(21)10-9-15-5-7-16(8-6-15)11-14(3)20-18(22)12-23-4/h5-10,13-14H,11-12H2,1-4H3,(H,19,21)(H,20,22)/b10-9+. The molecule has 2 amide bonds. The number of methoxy groups -OCH3 is 1. The smallest absolute Gasteiger partial charge is 0.246 e. The van der Waals surface area contributed by atoms with Crippen LogP contribution in [-0.2, 0) is 20.7 Å². The second-order valence-electron chi connectivity index (χ2n) is 5.84. The summed E-state index contributed by atoms with van der Waals surface area (Å²) in [5, 5.41) is 5.67. The molecule has 0 heterocycles. The molecule has 23 heavy (non-hydrogen) atoms. The minimum atomic E-state index is -0.115. The van der Waals surface area contributed by atoms with Gasteiger partial charge in [-0.2, -0.15) is 0 Å². The third kappa shape index (κ3) is 8.16. The predicted molar refractivity (Wildman–Crippen MR) is 91.9 cm³/mol. The lowest BCUT2D eigenvalue weighted by Gasteiger charge is -2.13. The SMILES string of the molecule is COCC(=O)NC(C)Cc1ccc(/C=C/C(=O)NC(C)C)cc1. The van der Waals surface area contributed by atoms with E-state index in [-0.39, 0.29) is 30.5 Å². The second kappa shape index (κ2) is 9.79. The van der Waals surface area contributed by atoms with Crippen LogP contribution in [0.15, 0.2) is 30.3 Å². The van der Waals surface area contributed by atoms with Gasteiger partial charge in [0, 0.05) is 25.3 Å². The monoisotopic (exact) mass is 318 g/mol. The molecular weight excluding hydrogens is 292 g/mol. The molecule has 0 radical (unpaired) electrons. The zero-order chi connectivity index (χ0) is 17.2. The Morgan fingerprint density at radius 2 is 1.78 bits per heavy atom. The first-order chi connectivity index (χ1) is 10.9. The Morgan fingerprint density at radius 3 is 2.35 bits per heavy atom. The lowest BCUT2D eigenvalue weighted by atomic mass is 10.0. The van der Waals surface area contributed by atoms with Gasteiger partial charge in [0.25, 0.3) is 0 Å². The van der Waals surface area contributed by atoms with Crippen molar-refractivity contribution >= 4 is 17.9 Å². The number of hydrogen-bond donors (Lipinski definition) is 2. The van der Waals surface area contributed by atoms with Crippen LogP contribution in [0.25, 0.3) is 6.08 Å². The van der Waals surface area contributed by atoms with Crippen molar-refractivity contribution in [3.05, 3.63) is 41.5 Å². The fraction of sp³-hybridized carbons (Fsp3) is 0.444. The summed E-state index contributed by atoms with van der Waals surface area (Å²) >= 11 is 0. The van der Waals surface area contributed by atoms with Crippen molar-refractivity contribution in [2.45, 2.75) is 39.3 Å². The fourth-order valence-corrected chi connectivity index (χ4v) is 2.12. The van der Waals surface area contributed by atoms with Gasteiger partial charge in [0.15, 0.2) is 0 Å². The van der Waals surface area contributed by atoms with E-state index >= 15 is 0 Å². The van der Waals surface area contributed by atoms with Crippen molar-refractivity contribution in [2.24, 2.45) is 0 Å². The molecule has 0 aliphatic carbocycles. The van der Waals surface area contributed by atoms with Crippen molar-refractivity contribution in [2.75, 3.05) is 13.7 Å². The summed E-state index contributed by atoms with van der Waals surface area (Å²) in [6.45, 7) is 5.88. The first kappa shape index (κ1) is 18.9. The average Bonchev–Trinajstić information content (AvgIpc) is 2.46. The first-order valence-electron chi connectivity index (χ1n) is 7.76. The topological polar surface area (TPSA) is 67.4 Å². The third-order valence-corrected chi connectivity index (χ3v) is 3.06. The number of benzene rings is 1. The van der Waals surface area contributed by atoms with Gasteiger partial charge >= 0.3 is 0 Å². The Morgan fingerprint density at radius 1 is 1.13 bits per heavy atom. The molecule has 0 fully saturated rings. The van der Waals surface area contributed by atoms with Gasteiger partial charge < -0.3 is 15.4 Å². The second-order valence-corrected chi connectivity index (χ2v) is 5.84. The molecule has 0 spiro atoms. The molecule has 1 aromatic rings. The summed E-state index contributed by atoms with van der Waals surface area (Å²) < 4.78 is 4.79. The maximum Gasteiger partial charge on any atom is 0.246 e. The molecule has 5 heteroatoms. The molecule has 1 atom stereocenters. The van der Waals surface area contributed by atoms with Crippen LogP contribution in [0.2, 0.25) is 0 Å². The van der Waals surface area contributed by atoms with E-state index in [1.54, 1.807) is 6.08 Å². The lowest BCUT2D eigenvalue weighted by molar-refractivity contribution is -0.125. The van der Waals surface area contributed by atoms with Gasteiger partial charge in [-0.25, -0.2) is 0 Å². The fourth-order valence-electron chi connectivity index (χ4n) is 2.12. The van der Waals surface area contributed by atoms with Crippen LogP contribution in [0.4, 0.5) is 0 Å². The Kier molecular flexibility index (Phi) is 8.05. The molecule has 0 saturated heterocycles. The number of nitrogens with one attached hydrogen (secondary N) is 2. The number of amides is 2. The van der Waals surface area contributed by atoms with Crippen molar-refractivity contribution in [3.63, 3.8) is 0 Å². The van der Waals surface area contributed by atoms with Crippen LogP contribution in [-0.4, -0.2) is 37.6 Å². The van der Waals surface area contributed by atoms with Crippen molar-refractivity contribution < 1.29 is 14.3 Å². The van der Waals surface area contributed by atoms with Crippen molar-refractivity contribution in [3.8, 4) is 0 Å². The number of carbonyl (C=O) groups is 2. The molecule has 1 rings (SSSR count). The minimum absolute atomic E-state index is 0.0378. The highest BCUT2D eigenvalue weighted by Crippen LogP contribution is 2.08. The summed E-state index contributed by atoms with van der Waals surface area (Å²) in [5.41, 5.74) is 2.09. The molecular formula is C18H26N2O3. The normalized spacial score (nSPS) is 12.4. The summed E-state index contributed by atoms with van der Waals surface area (Å²) in [7, 11) is 1.50. The molecule has 2 N–H and O–H groups in total. The molecule has 0 aromatic heterocycles. The van der Waals surface area contributed by atoms with Crippen LogP contribution in [0, 0.1) is 0 Å². The van der Waals surface area contributed by atoms with Gasteiger partial charge in [-0.05, 0) is 44.4 Å². The van der Waals surface area contributed by atoms with Crippen molar-refractivity contribution in [1.82, 2.24) is 10.6 Å². The first-order valence-corrected chi connectivity index (χ1v) is 7.76. The maximum atomic E-state index is 11.5. The Balaban J connectivity index is 2.51. The van der Waals surface area contributed by atoms with E-state index in [1.807, 2.05) is 45.0 Å². The number of rotatable bonds is 8. The van der Waals surface area contributed by atoms with E-state index in [1.165, 1.54) is 13.2 Å². The van der Waals surface area contributed by atoms with E-state index in [9.17, 15) is 9.59 Å². The van der Waals surface area contributed by atoms with Crippen LogP contribution in [0.5, 0.6) is 0 Å². The molecule has 5 nitrogen and oxygen atoms in total. The minimum Gasteiger partial charge on any atom is -0.375 e. The highest BCUT2D eigenvalue weighted by atomic mass is 16.5. The van der Waals surface area contributed by atoms with Crippen LogP contribution < -0.4 is 10.6 Å². The van der Waals surface area contributed by atoms with E-state index < -0.39 is 0 Å². The maximum absolute atomic E-state index is 11.5. The Labute approximate surface area is 138 Å². The van der Waals surface area contributed by atoms with Gasteiger partial charge in [0.2, 0.25) is 11.8 Å². The largest absolute Gasteiger partial charge is 0.375 e. The summed E-state index contributed by atoms with van der Waals surface area (Å²) in [6, 6.07) is 8.08. The van der Waals surface area contributed by atoms with Gasteiger partial charge in [-0.1, -0.05) is 24.3 Å². The van der Waals surface area contributed by atoms with Crippen LogP contribution in [0.1, 0.15) is 31.9 Å². The molecule has 0 aliphatic rings. The highest BCUT2D eigenvalue weighted by molar-refractivity contribution is 5.91. The Hall–Kier alpha value is -2.14. The number of carbonyl (C=O) groups excluding carboxylic acids is 2. The summed E-state index contributed by atoms with van der Waals surface area (Å²) in [4.78, 5) is 23.0. The van der Waals surface area contributed by atoms with Gasteiger partial charge in [0.1, 0.15) is 6.61 Å². The zero-order valence-electron chi connectivity index (χ0n) is 14.3. The van der Waals surface area contributed by atoms with E-state index in [4.69, 9.17) is 4.74 Å². The number of hydrogen-bond acceptors (Lipinski definition) is 3. The highest BCUT2D eigenvalue weighted by Gasteiger charge is 2.07. The molecule has 0 aliphatic heterocycles. The van der Waals surface area contributed by atoms with Crippen LogP contribution in [0.3, 0.4) is 0 Å². The van der Waals surface area contributed by atoms with Crippen LogP contribution >= 0.6 is 0 Å². The number of ether oxygens (including phenoxy) is 1. The van der Waals surface area contributed by atoms with Gasteiger partial charge in [-0.15, -0.1) is 0 Å². The summed E-state index contributed by atoms with van der Waals surface area (Å²) in [5.74, 6) is -0.214. The average molecular weight is 318 g/mol. The van der Waals surface area contributed by atoms with E-state index in [0.29, 0.717) is 0 Å². The molecule has 1 unspecified atom stereocenters. The lowest BCUT2D eigenvalue weighted by Crippen LogP contribution is -2.36. The van der Waals surface area contributed by atoms with Gasteiger partial charge in [0.05, 0.1) is 0 Å². The Bertz CT molecular complexity index is 536.